The molecule has 2 N–H and O–H groups in total. The lowest BCUT2D eigenvalue weighted by Crippen LogP contribution is -2.23. The minimum absolute atomic E-state index is 0.0158. The van der Waals surface area contributed by atoms with E-state index in [-0.39, 0.29) is 17.7 Å². The third kappa shape index (κ3) is 5.81. The number of anilines is 1. The molecule has 0 radical (unpaired) electrons. The van der Waals surface area contributed by atoms with E-state index in [2.05, 4.69) is 10.6 Å². The largest absolute Gasteiger partial charge is 0.348 e. The summed E-state index contributed by atoms with van der Waals surface area (Å²) in [4.78, 5) is 23.5. The fourth-order valence-electron chi connectivity index (χ4n) is 1.77. The van der Waals surface area contributed by atoms with Crippen molar-refractivity contribution in [1.82, 2.24) is 5.32 Å². The lowest BCUT2D eigenvalue weighted by molar-refractivity contribution is -0.119. The van der Waals surface area contributed by atoms with Crippen LogP contribution in [-0.2, 0) is 16.1 Å². The zero-order valence-electron chi connectivity index (χ0n) is 13.2. The second-order valence-corrected chi connectivity index (χ2v) is 5.32. The molecule has 1 aromatic rings. The van der Waals surface area contributed by atoms with Gasteiger partial charge in [0.05, 0.1) is 0 Å². The van der Waals surface area contributed by atoms with Crippen molar-refractivity contribution in [3.63, 3.8) is 0 Å². The van der Waals surface area contributed by atoms with Gasteiger partial charge in [0, 0.05) is 23.7 Å². The van der Waals surface area contributed by atoms with E-state index < -0.39 is 0 Å². The van der Waals surface area contributed by atoms with Gasteiger partial charge < -0.3 is 10.6 Å². The minimum Gasteiger partial charge on any atom is -0.348 e. The highest BCUT2D eigenvalue weighted by Crippen LogP contribution is 2.12. The summed E-state index contributed by atoms with van der Waals surface area (Å²) in [7, 11) is 0. The van der Waals surface area contributed by atoms with Crippen LogP contribution >= 0.6 is 0 Å². The monoisotopic (exact) mass is 288 g/mol. The van der Waals surface area contributed by atoms with Crippen LogP contribution in [0.2, 0.25) is 0 Å². The quantitative estimate of drug-likeness (QED) is 0.789. The summed E-state index contributed by atoms with van der Waals surface area (Å²) in [5.74, 6) is -0.137. The Balaban J connectivity index is 2.63. The van der Waals surface area contributed by atoms with Crippen LogP contribution in [0.4, 0.5) is 5.69 Å². The van der Waals surface area contributed by atoms with Gasteiger partial charge in [-0.15, -0.1) is 0 Å². The molecule has 0 unspecified atom stereocenters. The van der Waals surface area contributed by atoms with E-state index in [1.165, 1.54) is 0 Å². The molecule has 0 spiro atoms. The molecule has 1 rings (SSSR count). The summed E-state index contributed by atoms with van der Waals surface area (Å²) in [6.07, 6.45) is 2.74. The maximum Gasteiger partial charge on any atom is 0.246 e. The molecule has 114 valence electrons. The molecular weight excluding hydrogens is 264 g/mol. The van der Waals surface area contributed by atoms with Crippen LogP contribution in [0.1, 0.15) is 39.7 Å². The van der Waals surface area contributed by atoms with E-state index in [0.29, 0.717) is 6.54 Å². The highest BCUT2D eigenvalue weighted by atomic mass is 16.2. The predicted molar refractivity (Wildman–Crippen MR) is 85.8 cm³/mol. The first-order chi connectivity index (χ1) is 9.93. The molecule has 0 fully saturated rings. The van der Waals surface area contributed by atoms with Gasteiger partial charge in [0.15, 0.2) is 0 Å². The Morgan fingerprint density at radius 2 is 2.00 bits per heavy atom. The molecule has 0 atom stereocenters. The number of hydrogen-bond donors (Lipinski definition) is 2. The molecule has 0 heterocycles. The lowest BCUT2D eigenvalue weighted by Gasteiger charge is -2.10. The zero-order valence-corrected chi connectivity index (χ0v) is 13.2. The van der Waals surface area contributed by atoms with Gasteiger partial charge in [-0.25, -0.2) is 0 Å². The summed E-state index contributed by atoms with van der Waals surface area (Å²) in [6.45, 7) is 7.94. The number of allylic oxidation sites excluding steroid dienone is 1. The van der Waals surface area contributed by atoms with Gasteiger partial charge in [-0.05, 0) is 31.0 Å². The molecular formula is C17H24N2O2. The first-order valence-electron chi connectivity index (χ1n) is 7.28. The SMILES string of the molecule is CC/C=C(\C)C(=O)NCc1cccc(NC(=O)C(C)C)c1. The normalized spacial score (nSPS) is 11.4. The second-order valence-electron chi connectivity index (χ2n) is 5.32. The fraction of sp³-hybridized carbons (Fsp3) is 0.412. The molecule has 0 saturated carbocycles. The highest BCUT2D eigenvalue weighted by molar-refractivity contribution is 5.93. The molecule has 1 aromatic carbocycles. The molecule has 0 aliphatic rings. The number of carbonyl (C=O) groups excluding carboxylic acids is 2. The van der Waals surface area contributed by atoms with Gasteiger partial charge in [-0.1, -0.05) is 39.0 Å². The van der Waals surface area contributed by atoms with E-state index in [1.54, 1.807) is 6.92 Å². The molecule has 0 bridgehead atoms. The second kappa shape index (κ2) is 8.25. The van der Waals surface area contributed by atoms with Crippen molar-refractivity contribution in [3.8, 4) is 0 Å². The Hall–Kier alpha value is -2.10. The number of hydrogen-bond acceptors (Lipinski definition) is 2. The highest BCUT2D eigenvalue weighted by Gasteiger charge is 2.08. The third-order valence-corrected chi connectivity index (χ3v) is 3.04. The van der Waals surface area contributed by atoms with Crippen molar-refractivity contribution in [2.75, 3.05) is 5.32 Å². The third-order valence-electron chi connectivity index (χ3n) is 3.04. The number of carbonyl (C=O) groups is 2. The van der Waals surface area contributed by atoms with Crippen molar-refractivity contribution < 1.29 is 9.59 Å². The molecule has 0 aromatic heterocycles. The summed E-state index contributed by atoms with van der Waals surface area (Å²) < 4.78 is 0. The van der Waals surface area contributed by atoms with Crippen LogP contribution in [0.3, 0.4) is 0 Å². The van der Waals surface area contributed by atoms with Crippen LogP contribution in [0.25, 0.3) is 0 Å². The van der Waals surface area contributed by atoms with Crippen molar-refractivity contribution >= 4 is 17.5 Å². The molecule has 0 aliphatic carbocycles. The first kappa shape index (κ1) is 17.0. The Morgan fingerprint density at radius 3 is 2.62 bits per heavy atom. The summed E-state index contributed by atoms with van der Waals surface area (Å²) in [6, 6.07) is 7.50. The Kier molecular flexibility index (Phi) is 6.66. The molecule has 0 aliphatic heterocycles. The van der Waals surface area contributed by atoms with Crippen molar-refractivity contribution in [1.29, 1.82) is 0 Å². The molecule has 4 heteroatoms. The van der Waals surface area contributed by atoms with Gasteiger partial charge >= 0.3 is 0 Å². The van der Waals surface area contributed by atoms with E-state index in [0.717, 1.165) is 23.2 Å². The number of rotatable bonds is 6. The molecule has 4 nitrogen and oxygen atoms in total. The van der Waals surface area contributed by atoms with Crippen LogP contribution in [0.5, 0.6) is 0 Å². The predicted octanol–water partition coefficient (Wildman–Crippen LogP) is 3.25. The topological polar surface area (TPSA) is 58.2 Å². The number of benzene rings is 1. The Labute approximate surface area is 126 Å². The summed E-state index contributed by atoms with van der Waals surface area (Å²) >= 11 is 0. The van der Waals surface area contributed by atoms with Crippen LogP contribution in [-0.4, -0.2) is 11.8 Å². The van der Waals surface area contributed by atoms with Crippen LogP contribution in [0.15, 0.2) is 35.9 Å². The Morgan fingerprint density at radius 1 is 1.29 bits per heavy atom. The minimum atomic E-state index is -0.0616. The maximum absolute atomic E-state index is 11.8. The van der Waals surface area contributed by atoms with E-state index in [4.69, 9.17) is 0 Å². The van der Waals surface area contributed by atoms with E-state index in [9.17, 15) is 9.59 Å². The summed E-state index contributed by atoms with van der Waals surface area (Å²) in [5, 5.41) is 5.72. The smallest absolute Gasteiger partial charge is 0.246 e. The van der Waals surface area contributed by atoms with Gasteiger partial charge in [0.25, 0.3) is 0 Å². The first-order valence-corrected chi connectivity index (χ1v) is 7.28. The van der Waals surface area contributed by atoms with Crippen molar-refractivity contribution in [2.45, 2.75) is 40.7 Å². The van der Waals surface area contributed by atoms with Crippen molar-refractivity contribution in [3.05, 3.63) is 41.5 Å². The maximum atomic E-state index is 11.8. The van der Waals surface area contributed by atoms with Crippen molar-refractivity contribution in [2.24, 2.45) is 5.92 Å². The number of amides is 2. The summed E-state index contributed by atoms with van der Waals surface area (Å²) in [5.41, 5.74) is 2.43. The molecule has 2 amide bonds. The van der Waals surface area contributed by atoms with E-state index >= 15 is 0 Å². The number of nitrogens with one attached hydrogen (secondary N) is 2. The van der Waals surface area contributed by atoms with Gasteiger partial charge in [-0.2, -0.15) is 0 Å². The van der Waals surface area contributed by atoms with Gasteiger partial charge in [-0.3, -0.25) is 9.59 Å². The average Bonchev–Trinajstić information content (AvgIpc) is 2.45. The average molecular weight is 288 g/mol. The fourth-order valence-corrected chi connectivity index (χ4v) is 1.77. The van der Waals surface area contributed by atoms with E-state index in [1.807, 2.05) is 51.1 Å². The van der Waals surface area contributed by atoms with Gasteiger partial charge in [0.1, 0.15) is 0 Å². The molecule has 21 heavy (non-hydrogen) atoms. The standard InChI is InChI=1S/C17H24N2O2/c1-5-7-13(4)17(21)18-11-14-8-6-9-15(10-14)19-16(20)12(2)3/h6-10,12H,5,11H2,1-4H3,(H,18,21)(H,19,20)/b13-7+. The van der Waals surface area contributed by atoms with Crippen LogP contribution < -0.4 is 10.6 Å². The van der Waals surface area contributed by atoms with Gasteiger partial charge in [0.2, 0.25) is 11.8 Å². The molecule has 0 saturated heterocycles. The van der Waals surface area contributed by atoms with Crippen LogP contribution in [0, 0.1) is 5.92 Å². The zero-order chi connectivity index (χ0) is 15.8. The lowest BCUT2D eigenvalue weighted by atomic mass is 10.1. The Bertz CT molecular complexity index is 533.